The SMILES string of the molecule is O=C(O)N1CCN(c2ccncn2)CC1. The van der Waals surface area contributed by atoms with Crippen LogP contribution in [0.2, 0.25) is 0 Å². The van der Waals surface area contributed by atoms with Crippen molar-refractivity contribution >= 4 is 11.9 Å². The number of rotatable bonds is 1. The number of aromatic nitrogens is 2. The van der Waals surface area contributed by atoms with Gasteiger partial charge in [-0.2, -0.15) is 0 Å². The first-order chi connectivity index (χ1) is 7.27. The molecule has 1 aromatic rings. The van der Waals surface area contributed by atoms with Crippen LogP contribution in [-0.2, 0) is 0 Å². The Balaban J connectivity index is 1.97. The van der Waals surface area contributed by atoms with Crippen molar-refractivity contribution in [3.63, 3.8) is 0 Å². The van der Waals surface area contributed by atoms with Crippen molar-refractivity contribution in [3.05, 3.63) is 18.6 Å². The Morgan fingerprint density at radius 1 is 1.33 bits per heavy atom. The van der Waals surface area contributed by atoms with Gasteiger partial charge in [-0.25, -0.2) is 14.8 Å². The molecule has 80 valence electrons. The average Bonchev–Trinajstić information content (AvgIpc) is 2.30. The Bertz CT molecular complexity index is 335. The van der Waals surface area contributed by atoms with Gasteiger partial charge in [0.15, 0.2) is 0 Å². The number of carbonyl (C=O) groups is 1. The normalized spacial score (nSPS) is 16.5. The number of nitrogens with zero attached hydrogens (tertiary/aromatic N) is 4. The molecule has 2 heterocycles. The lowest BCUT2D eigenvalue weighted by atomic mass is 10.3. The van der Waals surface area contributed by atoms with E-state index in [0.29, 0.717) is 26.2 Å². The minimum Gasteiger partial charge on any atom is -0.465 e. The van der Waals surface area contributed by atoms with Crippen LogP contribution in [0.5, 0.6) is 0 Å². The van der Waals surface area contributed by atoms with Crippen LogP contribution in [0.1, 0.15) is 0 Å². The molecule has 0 saturated carbocycles. The van der Waals surface area contributed by atoms with E-state index in [-0.39, 0.29) is 0 Å². The van der Waals surface area contributed by atoms with Crippen molar-refractivity contribution < 1.29 is 9.90 Å². The third-order valence-electron chi connectivity index (χ3n) is 2.44. The molecule has 0 radical (unpaired) electrons. The fraction of sp³-hybridized carbons (Fsp3) is 0.444. The molecule has 0 unspecified atom stereocenters. The first-order valence-electron chi connectivity index (χ1n) is 4.76. The van der Waals surface area contributed by atoms with Gasteiger partial charge in [-0.3, -0.25) is 0 Å². The van der Waals surface area contributed by atoms with E-state index >= 15 is 0 Å². The second-order valence-electron chi connectivity index (χ2n) is 3.32. The zero-order valence-corrected chi connectivity index (χ0v) is 8.20. The molecule has 0 aliphatic carbocycles. The third-order valence-corrected chi connectivity index (χ3v) is 2.44. The maximum absolute atomic E-state index is 10.7. The second kappa shape index (κ2) is 4.12. The summed E-state index contributed by atoms with van der Waals surface area (Å²) in [6, 6.07) is 1.83. The van der Waals surface area contributed by atoms with Gasteiger partial charge in [0.1, 0.15) is 12.1 Å². The fourth-order valence-corrected chi connectivity index (χ4v) is 1.60. The van der Waals surface area contributed by atoms with Crippen LogP contribution < -0.4 is 4.90 Å². The van der Waals surface area contributed by atoms with Crippen LogP contribution >= 0.6 is 0 Å². The van der Waals surface area contributed by atoms with E-state index < -0.39 is 6.09 Å². The quantitative estimate of drug-likeness (QED) is 0.717. The summed E-state index contributed by atoms with van der Waals surface area (Å²) in [6.45, 7) is 2.42. The molecule has 15 heavy (non-hydrogen) atoms. The van der Waals surface area contributed by atoms with Gasteiger partial charge in [0.25, 0.3) is 0 Å². The molecule has 0 atom stereocenters. The fourth-order valence-electron chi connectivity index (χ4n) is 1.60. The largest absolute Gasteiger partial charge is 0.465 e. The molecular formula is C9H12N4O2. The summed E-state index contributed by atoms with van der Waals surface area (Å²) in [5.41, 5.74) is 0. The zero-order chi connectivity index (χ0) is 10.7. The topological polar surface area (TPSA) is 69.6 Å². The maximum Gasteiger partial charge on any atom is 0.407 e. The van der Waals surface area contributed by atoms with E-state index in [1.807, 2.05) is 6.07 Å². The van der Waals surface area contributed by atoms with Crippen molar-refractivity contribution in [1.29, 1.82) is 0 Å². The lowest BCUT2D eigenvalue weighted by molar-refractivity contribution is 0.142. The smallest absolute Gasteiger partial charge is 0.407 e. The van der Waals surface area contributed by atoms with Gasteiger partial charge in [-0.1, -0.05) is 0 Å². The van der Waals surface area contributed by atoms with Crippen molar-refractivity contribution in [1.82, 2.24) is 14.9 Å². The third kappa shape index (κ3) is 2.15. The maximum atomic E-state index is 10.7. The predicted molar refractivity (Wildman–Crippen MR) is 53.8 cm³/mol. The molecule has 1 aromatic heterocycles. The molecule has 1 aliphatic rings. The predicted octanol–water partition coefficient (Wildman–Crippen LogP) is 0.277. The molecule has 2 rings (SSSR count). The number of amides is 1. The summed E-state index contributed by atoms with van der Waals surface area (Å²) in [5, 5.41) is 8.78. The van der Waals surface area contributed by atoms with Gasteiger partial charge < -0.3 is 14.9 Å². The van der Waals surface area contributed by atoms with Crippen LogP contribution in [0.3, 0.4) is 0 Å². The molecule has 1 saturated heterocycles. The van der Waals surface area contributed by atoms with Crippen molar-refractivity contribution in [2.24, 2.45) is 0 Å². The molecule has 0 bridgehead atoms. The van der Waals surface area contributed by atoms with Crippen LogP contribution in [0.15, 0.2) is 18.6 Å². The Labute approximate surface area is 87.2 Å². The van der Waals surface area contributed by atoms with Gasteiger partial charge in [0, 0.05) is 32.4 Å². The molecule has 1 fully saturated rings. The van der Waals surface area contributed by atoms with E-state index in [4.69, 9.17) is 5.11 Å². The van der Waals surface area contributed by atoms with E-state index in [1.54, 1.807) is 6.20 Å². The highest BCUT2D eigenvalue weighted by Gasteiger charge is 2.20. The monoisotopic (exact) mass is 208 g/mol. The summed E-state index contributed by atoms with van der Waals surface area (Å²) in [7, 11) is 0. The summed E-state index contributed by atoms with van der Waals surface area (Å²) in [4.78, 5) is 22.1. The number of piperazine rings is 1. The number of anilines is 1. The first-order valence-corrected chi connectivity index (χ1v) is 4.76. The molecule has 0 aromatic carbocycles. The van der Waals surface area contributed by atoms with Gasteiger partial charge in [0.05, 0.1) is 0 Å². The van der Waals surface area contributed by atoms with Crippen molar-refractivity contribution in [3.8, 4) is 0 Å². The Kier molecular flexibility index (Phi) is 2.66. The van der Waals surface area contributed by atoms with Crippen LogP contribution in [0.25, 0.3) is 0 Å². The van der Waals surface area contributed by atoms with E-state index in [9.17, 15) is 4.79 Å². The summed E-state index contributed by atoms with van der Waals surface area (Å²) >= 11 is 0. The first kappa shape index (κ1) is 9.70. The highest BCUT2D eigenvalue weighted by atomic mass is 16.4. The van der Waals surface area contributed by atoms with Crippen LogP contribution in [0, 0.1) is 0 Å². The summed E-state index contributed by atoms with van der Waals surface area (Å²) in [6.07, 6.45) is 2.34. The van der Waals surface area contributed by atoms with E-state index in [1.165, 1.54) is 11.2 Å². The molecule has 6 nitrogen and oxygen atoms in total. The lowest BCUT2D eigenvalue weighted by Crippen LogP contribution is -2.48. The average molecular weight is 208 g/mol. The Hall–Kier alpha value is -1.85. The number of hydrogen-bond donors (Lipinski definition) is 1. The van der Waals surface area contributed by atoms with Gasteiger partial charge in [-0.15, -0.1) is 0 Å². The van der Waals surface area contributed by atoms with Gasteiger partial charge in [0.2, 0.25) is 0 Å². The molecule has 6 heteroatoms. The second-order valence-corrected chi connectivity index (χ2v) is 3.32. The molecular weight excluding hydrogens is 196 g/mol. The molecule has 0 spiro atoms. The van der Waals surface area contributed by atoms with Crippen molar-refractivity contribution in [2.75, 3.05) is 31.1 Å². The molecule has 1 aliphatic heterocycles. The molecule has 1 N–H and O–H groups in total. The van der Waals surface area contributed by atoms with Crippen LogP contribution in [-0.4, -0.2) is 52.2 Å². The van der Waals surface area contributed by atoms with Crippen molar-refractivity contribution in [2.45, 2.75) is 0 Å². The molecule has 1 amide bonds. The van der Waals surface area contributed by atoms with Gasteiger partial charge in [-0.05, 0) is 6.07 Å². The van der Waals surface area contributed by atoms with E-state index in [0.717, 1.165) is 5.82 Å². The van der Waals surface area contributed by atoms with E-state index in [2.05, 4.69) is 14.9 Å². The zero-order valence-electron chi connectivity index (χ0n) is 8.20. The van der Waals surface area contributed by atoms with Gasteiger partial charge >= 0.3 is 6.09 Å². The standard InChI is InChI=1S/C9H12N4O2/c14-9(15)13-5-3-12(4-6-13)8-1-2-10-7-11-8/h1-2,7H,3-6H2,(H,14,15). The highest BCUT2D eigenvalue weighted by molar-refractivity contribution is 5.65. The highest BCUT2D eigenvalue weighted by Crippen LogP contribution is 2.11. The minimum absolute atomic E-state index is 0.527. The lowest BCUT2D eigenvalue weighted by Gasteiger charge is -2.33. The number of carboxylic acid groups (broad SMARTS) is 1. The number of hydrogen-bond acceptors (Lipinski definition) is 4. The Morgan fingerprint density at radius 2 is 2.07 bits per heavy atom. The van der Waals surface area contributed by atoms with Crippen LogP contribution in [0.4, 0.5) is 10.6 Å². The summed E-state index contributed by atoms with van der Waals surface area (Å²) < 4.78 is 0. The summed E-state index contributed by atoms with van der Waals surface area (Å²) in [5.74, 6) is 0.857. The minimum atomic E-state index is -0.850. The Morgan fingerprint density at radius 3 is 2.60 bits per heavy atom.